The summed E-state index contributed by atoms with van der Waals surface area (Å²) in [6.07, 6.45) is 5.57. The second-order valence-electron chi connectivity index (χ2n) is 5.89. The second-order valence-corrected chi connectivity index (χ2v) is 5.89. The fourth-order valence-electron chi connectivity index (χ4n) is 2.57. The number of rotatable bonds is 8. The minimum atomic E-state index is -0.401. The van der Waals surface area contributed by atoms with Crippen LogP contribution in [0.3, 0.4) is 0 Å². The number of carbonyl (C=O) groups is 1. The van der Waals surface area contributed by atoms with Crippen LogP contribution in [-0.4, -0.2) is 43.8 Å². The van der Waals surface area contributed by atoms with Gasteiger partial charge in [-0.1, -0.05) is 19.8 Å². The Kier molecular flexibility index (Phi) is 10.3. The van der Waals surface area contributed by atoms with Gasteiger partial charge in [0.2, 0.25) is 0 Å². The van der Waals surface area contributed by atoms with Crippen LogP contribution in [0, 0.1) is 0 Å². The van der Waals surface area contributed by atoms with Gasteiger partial charge in [0.05, 0.1) is 6.61 Å². The molecule has 1 heterocycles. The number of halogens is 1. The molecule has 0 aromatic heterocycles. The summed E-state index contributed by atoms with van der Waals surface area (Å²) in [6, 6.07) is 7.37. The van der Waals surface area contributed by atoms with Crippen LogP contribution >= 0.6 is 12.4 Å². The summed E-state index contributed by atoms with van der Waals surface area (Å²) in [5, 5.41) is 2.74. The molecule has 1 aliphatic heterocycles. The Bertz CT molecular complexity index is 462. The Balaban J connectivity index is 0.00000288. The summed E-state index contributed by atoms with van der Waals surface area (Å²) in [6.45, 7) is 6.34. The van der Waals surface area contributed by atoms with Crippen molar-refractivity contribution in [2.45, 2.75) is 39.0 Å². The number of unbranched alkanes of at least 4 members (excludes halogenated alkanes) is 1. The molecule has 0 radical (unpaired) electrons. The maximum atomic E-state index is 11.8. The maximum absolute atomic E-state index is 11.8. The summed E-state index contributed by atoms with van der Waals surface area (Å²) in [7, 11) is 0. The molecule has 0 unspecified atom stereocenters. The van der Waals surface area contributed by atoms with E-state index in [9.17, 15) is 4.79 Å². The van der Waals surface area contributed by atoms with Crippen LogP contribution in [0.15, 0.2) is 24.3 Å². The van der Waals surface area contributed by atoms with E-state index in [0.717, 1.165) is 50.5 Å². The van der Waals surface area contributed by atoms with Gasteiger partial charge in [0, 0.05) is 12.2 Å². The highest BCUT2D eigenvalue weighted by Crippen LogP contribution is 2.16. The lowest BCUT2D eigenvalue weighted by atomic mass is 10.1. The van der Waals surface area contributed by atoms with Gasteiger partial charge in [-0.15, -0.1) is 12.4 Å². The zero-order valence-electron chi connectivity index (χ0n) is 14.5. The number of likely N-dealkylation sites (tertiary alicyclic amines) is 1. The van der Waals surface area contributed by atoms with Crippen molar-refractivity contribution in [2.75, 3.05) is 38.2 Å². The smallest absolute Gasteiger partial charge is 0.411 e. The van der Waals surface area contributed by atoms with E-state index in [1.165, 1.54) is 19.3 Å². The standard InChI is InChI=1S/C18H28N2O3.ClH/c1-2-3-14-22-17-9-7-16(8-10-17)19-18(21)23-15-13-20-11-5-4-6-12-20;/h7-10H,2-6,11-15H2,1H3,(H,19,21);1H. The zero-order chi connectivity index (χ0) is 16.3. The molecule has 1 aromatic rings. The number of hydrogen-bond donors (Lipinski definition) is 1. The average Bonchev–Trinajstić information content (AvgIpc) is 2.58. The summed E-state index contributed by atoms with van der Waals surface area (Å²) in [5.74, 6) is 0.822. The highest BCUT2D eigenvalue weighted by molar-refractivity contribution is 5.85. The highest BCUT2D eigenvalue weighted by Gasteiger charge is 2.10. The molecule has 2 rings (SSSR count). The molecule has 1 aromatic carbocycles. The Morgan fingerprint density at radius 2 is 1.83 bits per heavy atom. The molecule has 1 saturated heterocycles. The van der Waals surface area contributed by atoms with E-state index in [-0.39, 0.29) is 12.4 Å². The summed E-state index contributed by atoms with van der Waals surface area (Å²) >= 11 is 0. The van der Waals surface area contributed by atoms with Gasteiger partial charge in [-0.3, -0.25) is 10.2 Å². The van der Waals surface area contributed by atoms with Crippen molar-refractivity contribution in [3.8, 4) is 5.75 Å². The molecular formula is C18H29ClN2O3. The highest BCUT2D eigenvalue weighted by atomic mass is 35.5. The number of carbonyl (C=O) groups excluding carboxylic acids is 1. The minimum absolute atomic E-state index is 0. The lowest BCUT2D eigenvalue weighted by Gasteiger charge is -2.25. The van der Waals surface area contributed by atoms with Gasteiger partial charge in [0.25, 0.3) is 0 Å². The maximum Gasteiger partial charge on any atom is 0.411 e. The Labute approximate surface area is 151 Å². The first-order valence-corrected chi connectivity index (χ1v) is 8.67. The predicted octanol–water partition coefficient (Wildman–Crippen LogP) is 4.32. The molecule has 1 N–H and O–H groups in total. The molecule has 0 bridgehead atoms. The third kappa shape index (κ3) is 7.88. The average molecular weight is 357 g/mol. The Morgan fingerprint density at radius 1 is 1.12 bits per heavy atom. The first kappa shape index (κ1) is 20.6. The third-order valence-electron chi connectivity index (χ3n) is 3.96. The molecule has 1 fully saturated rings. The minimum Gasteiger partial charge on any atom is -0.494 e. The quantitative estimate of drug-likeness (QED) is 0.705. The van der Waals surface area contributed by atoms with Gasteiger partial charge in [-0.2, -0.15) is 0 Å². The van der Waals surface area contributed by atoms with E-state index in [0.29, 0.717) is 6.61 Å². The second kappa shape index (κ2) is 12.0. The first-order chi connectivity index (χ1) is 11.3. The predicted molar refractivity (Wildman–Crippen MR) is 99.4 cm³/mol. The number of amides is 1. The lowest BCUT2D eigenvalue weighted by molar-refractivity contribution is 0.131. The van der Waals surface area contributed by atoms with Crippen LogP contribution in [0.2, 0.25) is 0 Å². The van der Waals surface area contributed by atoms with Crippen molar-refractivity contribution < 1.29 is 14.3 Å². The molecule has 0 saturated carbocycles. The molecule has 0 spiro atoms. The fraction of sp³-hybridized carbons (Fsp3) is 0.611. The molecule has 5 nitrogen and oxygen atoms in total. The van der Waals surface area contributed by atoms with Crippen LogP contribution in [0.1, 0.15) is 39.0 Å². The Hall–Kier alpha value is -1.46. The zero-order valence-corrected chi connectivity index (χ0v) is 15.3. The van der Waals surface area contributed by atoms with E-state index < -0.39 is 6.09 Å². The SMILES string of the molecule is CCCCOc1ccc(NC(=O)OCCN2CCCCC2)cc1.Cl. The van der Waals surface area contributed by atoms with Crippen LogP contribution in [-0.2, 0) is 4.74 Å². The van der Waals surface area contributed by atoms with Crippen molar-refractivity contribution in [2.24, 2.45) is 0 Å². The van der Waals surface area contributed by atoms with Gasteiger partial charge >= 0.3 is 6.09 Å². The molecule has 0 atom stereocenters. The fourth-order valence-corrected chi connectivity index (χ4v) is 2.57. The molecule has 1 aliphatic rings. The van der Waals surface area contributed by atoms with Crippen LogP contribution in [0.4, 0.5) is 10.5 Å². The van der Waals surface area contributed by atoms with Crippen molar-refractivity contribution >= 4 is 24.2 Å². The van der Waals surface area contributed by atoms with Gasteiger partial charge in [-0.05, 0) is 56.6 Å². The van der Waals surface area contributed by atoms with Crippen molar-refractivity contribution in [1.82, 2.24) is 4.90 Å². The topological polar surface area (TPSA) is 50.8 Å². The molecule has 1 amide bonds. The number of piperidine rings is 1. The van der Waals surface area contributed by atoms with Gasteiger partial charge in [0.1, 0.15) is 12.4 Å². The molecule has 6 heteroatoms. The third-order valence-corrected chi connectivity index (χ3v) is 3.96. The largest absolute Gasteiger partial charge is 0.494 e. The van der Waals surface area contributed by atoms with E-state index >= 15 is 0 Å². The molecule has 24 heavy (non-hydrogen) atoms. The van der Waals surface area contributed by atoms with E-state index in [1.807, 2.05) is 24.3 Å². The summed E-state index contributed by atoms with van der Waals surface area (Å²) < 4.78 is 10.8. The van der Waals surface area contributed by atoms with Crippen molar-refractivity contribution in [1.29, 1.82) is 0 Å². The van der Waals surface area contributed by atoms with E-state index in [1.54, 1.807) is 0 Å². The van der Waals surface area contributed by atoms with E-state index in [2.05, 4.69) is 17.1 Å². The number of benzene rings is 1. The summed E-state index contributed by atoms with van der Waals surface area (Å²) in [4.78, 5) is 14.1. The van der Waals surface area contributed by atoms with E-state index in [4.69, 9.17) is 9.47 Å². The van der Waals surface area contributed by atoms with Gasteiger partial charge < -0.3 is 9.47 Å². The Morgan fingerprint density at radius 3 is 2.50 bits per heavy atom. The number of hydrogen-bond acceptors (Lipinski definition) is 4. The van der Waals surface area contributed by atoms with Crippen molar-refractivity contribution in [3.05, 3.63) is 24.3 Å². The van der Waals surface area contributed by atoms with Crippen LogP contribution in [0.25, 0.3) is 0 Å². The van der Waals surface area contributed by atoms with Crippen LogP contribution < -0.4 is 10.1 Å². The van der Waals surface area contributed by atoms with Crippen LogP contribution in [0.5, 0.6) is 5.75 Å². The first-order valence-electron chi connectivity index (χ1n) is 8.67. The normalized spacial score (nSPS) is 14.5. The van der Waals surface area contributed by atoms with Crippen molar-refractivity contribution in [3.63, 3.8) is 0 Å². The number of ether oxygens (including phenoxy) is 2. The molecular weight excluding hydrogens is 328 g/mol. The number of nitrogens with one attached hydrogen (secondary N) is 1. The molecule has 136 valence electrons. The monoisotopic (exact) mass is 356 g/mol. The number of anilines is 1. The van der Waals surface area contributed by atoms with Gasteiger partial charge in [-0.25, -0.2) is 4.79 Å². The van der Waals surface area contributed by atoms with Gasteiger partial charge in [0.15, 0.2) is 0 Å². The summed E-state index contributed by atoms with van der Waals surface area (Å²) in [5.41, 5.74) is 0.718. The molecule has 0 aliphatic carbocycles. The number of nitrogens with zero attached hydrogens (tertiary/aromatic N) is 1. The lowest BCUT2D eigenvalue weighted by Crippen LogP contribution is -2.33.